The molecule has 7 heteroatoms. The van der Waals surface area contributed by atoms with Gasteiger partial charge in [-0.2, -0.15) is 0 Å². The molecule has 0 fully saturated rings. The Balaban J connectivity index is 2.21. The summed E-state index contributed by atoms with van der Waals surface area (Å²) in [7, 11) is 1.53. The van der Waals surface area contributed by atoms with Crippen LogP contribution in [0.2, 0.25) is 0 Å². The minimum atomic E-state index is -0.618. The molecule has 1 N–H and O–H groups in total. The van der Waals surface area contributed by atoms with E-state index in [0.29, 0.717) is 17.0 Å². The quantitative estimate of drug-likeness (QED) is 0.843. The molecule has 1 amide bonds. The Bertz CT molecular complexity index is 717. The van der Waals surface area contributed by atoms with Crippen LogP contribution in [0.5, 0.6) is 5.75 Å². The molecule has 0 saturated carbocycles. The number of carbonyl (C=O) groups is 2. The summed E-state index contributed by atoms with van der Waals surface area (Å²) in [6.07, 6.45) is 1.92. The van der Waals surface area contributed by atoms with Gasteiger partial charge in [0.15, 0.2) is 12.2 Å². The van der Waals surface area contributed by atoms with Gasteiger partial charge in [-0.15, -0.1) is 0 Å². The second-order valence-electron chi connectivity index (χ2n) is 6.12. The molecule has 0 radical (unpaired) electrons. The first-order valence-corrected chi connectivity index (χ1v) is 7.37. The highest BCUT2D eigenvalue weighted by atomic mass is 16.6. The van der Waals surface area contributed by atoms with Gasteiger partial charge in [0.25, 0.3) is 0 Å². The monoisotopic (exact) mass is 332 g/mol. The first kappa shape index (κ1) is 17.5. The van der Waals surface area contributed by atoms with Gasteiger partial charge in [-0.1, -0.05) is 0 Å². The van der Waals surface area contributed by atoms with Crippen molar-refractivity contribution in [1.82, 2.24) is 4.98 Å². The number of oxazole rings is 1. The molecule has 0 aliphatic rings. The van der Waals surface area contributed by atoms with Crippen LogP contribution in [0.3, 0.4) is 0 Å². The highest BCUT2D eigenvalue weighted by Gasteiger charge is 2.19. The number of Topliss-reactive ketones (excluding diaryl/α,β-unsaturated/α-hetero) is 1. The Labute approximate surface area is 140 Å². The topological polar surface area (TPSA) is 90.7 Å². The molecule has 7 nitrogen and oxygen atoms in total. The number of methoxy groups -OCH3 is 1. The molecule has 1 aromatic carbocycles. The largest absolute Gasteiger partial charge is 0.497 e. The maximum absolute atomic E-state index is 12.2. The van der Waals surface area contributed by atoms with Crippen LogP contribution in [0.25, 0.3) is 0 Å². The summed E-state index contributed by atoms with van der Waals surface area (Å²) in [6, 6.07) is 5.04. The van der Waals surface area contributed by atoms with Gasteiger partial charge < -0.3 is 13.9 Å². The molecule has 0 aliphatic heterocycles. The number of ether oxygens (including phenoxy) is 2. The van der Waals surface area contributed by atoms with Crippen molar-refractivity contribution in [2.75, 3.05) is 12.4 Å². The van der Waals surface area contributed by atoms with Crippen LogP contribution in [0.4, 0.5) is 10.5 Å². The van der Waals surface area contributed by atoms with Crippen LogP contribution in [-0.4, -0.2) is 29.6 Å². The predicted octanol–water partition coefficient (Wildman–Crippen LogP) is 3.46. The third-order valence-corrected chi connectivity index (χ3v) is 3.02. The average molecular weight is 332 g/mol. The smallest absolute Gasteiger partial charge is 0.412 e. The molecule has 1 heterocycles. The normalized spacial score (nSPS) is 11.0. The van der Waals surface area contributed by atoms with E-state index in [1.807, 2.05) is 0 Å². The number of rotatable bonds is 5. The van der Waals surface area contributed by atoms with E-state index in [1.165, 1.54) is 19.8 Å². The van der Waals surface area contributed by atoms with Crippen LogP contribution in [0.1, 0.15) is 36.8 Å². The molecule has 0 aliphatic carbocycles. The number of hydrogen-bond donors (Lipinski definition) is 1. The summed E-state index contributed by atoms with van der Waals surface area (Å²) in [6.45, 7) is 5.32. The van der Waals surface area contributed by atoms with Gasteiger partial charge in [-0.25, -0.2) is 9.78 Å². The van der Waals surface area contributed by atoms with Crippen LogP contribution in [0.15, 0.2) is 35.3 Å². The van der Waals surface area contributed by atoms with Gasteiger partial charge >= 0.3 is 6.09 Å². The third kappa shape index (κ3) is 4.84. The fraction of sp³-hybridized carbons (Fsp3) is 0.353. The Morgan fingerprint density at radius 1 is 1.29 bits per heavy atom. The maximum Gasteiger partial charge on any atom is 0.412 e. The van der Waals surface area contributed by atoms with E-state index < -0.39 is 11.7 Å². The van der Waals surface area contributed by atoms with Crippen molar-refractivity contribution < 1.29 is 23.5 Å². The highest BCUT2D eigenvalue weighted by molar-refractivity contribution is 5.97. The number of carbonyl (C=O) groups excluding carboxylic acids is 2. The molecule has 0 spiro atoms. The highest BCUT2D eigenvalue weighted by Crippen LogP contribution is 2.24. The summed E-state index contributed by atoms with van der Waals surface area (Å²) in [4.78, 5) is 28.0. The van der Waals surface area contributed by atoms with E-state index in [9.17, 15) is 9.59 Å². The Morgan fingerprint density at radius 2 is 2.04 bits per heavy atom. The fourth-order valence-corrected chi connectivity index (χ4v) is 1.99. The number of ketones is 1. The molecule has 0 saturated heterocycles. The number of hydrogen-bond acceptors (Lipinski definition) is 6. The van der Waals surface area contributed by atoms with Crippen molar-refractivity contribution >= 4 is 17.6 Å². The average Bonchev–Trinajstić information content (AvgIpc) is 3.01. The van der Waals surface area contributed by atoms with Gasteiger partial charge in [-0.05, 0) is 44.5 Å². The van der Waals surface area contributed by atoms with Crippen LogP contribution in [-0.2, 0) is 11.2 Å². The first-order chi connectivity index (χ1) is 11.3. The van der Waals surface area contributed by atoms with Crippen molar-refractivity contribution in [1.29, 1.82) is 0 Å². The van der Waals surface area contributed by atoms with Crippen LogP contribution in [0, 0.1) is 0 Å². The molecule has 2 rings (SSSR count). The number of benzene rings is 1. The lowest BCUT2D eigenvalue weighted by Crippen LogP contribution is -2.27. The lowest BCUT2D eigenvalue weighted by atomic mass is 10.0. The number of nitrogens with one attached hydrogen (secondary N) is 1. The van der Waals surface area contributed by atoms with E-state index in [0.717, 1.165) is 0 Å². The molecular weight excluding hydrogens is 312 g/mol. The molecule has 24 heavy (non-hydrogen) atoms. The zero-order valence-electron chi connectivity index (χ0n) is 14.1. The predicted molar refractivity (Wildman–Crippen MR) is 87.4 cm³/mol. The van der Waals surface area contributed by atoms with Gasteiger partial charge in [0.2, 0.25) is 0 Å². The fourth-order valence-electron chi connectivity index (χ4n) is 1.99. The van der Waals surface area contributed by atoms with Gasteiger partial charge in [0.1, 0.15) is 23.3 Å². The van der Waals surface area contributed by atoms with E-state index in [-0.39, 0.29) is 17.9 Å². The van der Waals surface area contributed by atoms with Crippen molar-refractivity contribution in [3.63, 3.8) is 0 Å². The minimum Gasteiger partial charge on any atom is -0.497 e. The molecule has 0 unspecified atom stereocenters. The zero-order chi connectivity index (χ0) is 17.7. The number of nitrogens with zero attached hydrogens (tertiary/aromatic N) is 1. The number of anilines is 1. The molecule has 0 atom stereocenters. The van der Waals surface area contributed by atoms with Gasteiger partial charge in [0.05, 0.1) is 7.11 Å². The van der Waals surface area contributed by atoms with E-state index in [4.69, 9.17) is 13.9 Å². The van der Waals surface area contributed by atoms with Crippen LogP contribution >= 0.6 is 0 Å². The summed E-state index contributed by atoms with van der Waals surface area (Å²) in [5.41, 5.74) is 0.670. The van der Waals surface area contributed by atoms with Crippen molar-refractivity contribution in [3.8, 4) is 5.75 Å². The summed E-state index contributed by atoms with van der Waals surface area (Å²) < 4.78 is 15.2. The molecule has 0 bridgehead atoms. The number of aromatic nitrogens is 1. The lowest BCUT2D eigenvalue weighted by Gasteiger charge is -2.20. The van der Waals surface area contributed by atoms with Crippen molar-refractivity contribution in [3.05, 3.63) is 42.1 Å². The van der Waals surface area contributed by atoms with Crippen molar-refractivity contribution in [2.45, 2.75) is 32.8 Å². The standard InChI is InChI=1S/C17H20N2O5/c1-17(2,3)24-16(21)19-13-6-5-12(22-4)7-11(13)8-15(20)14-9-23-10-18-14/h5-7,9-10H,8H2,1-4H3,(H,19,21). The maximum atomic E-state index is 12.2. The second kappa shape index (κ2) is 7.16. The second-order valence-corrected chi connectivity index (χ2v) is 6.12. The van der Waals surface area contributed by atoms with Crippen LogP contribution < -0.4 is 10.1 Å². The summed E-state index contributed by atoms with van der Waals surface area (Å²) >= 11 is 0. The zero-order valence-corrected chi connectivity index (χ0v) is 14.1. The Morgan fingerprint density at radius 3 is 2.62 bits per heavy atom. The first-order valence-electron chi connectivity index (χ1n) is 7.37. The van der Waals surface area contributed by atoms with E-state index in [1.54, 1.807) is 39.0 Å². The molecule has 128 valence electrons. The van der Waals surface area contributed by atoms with Gasteiger partial charge in [-0.3, -0.25) is 10.1 Å². The summed E-state index contributed by atoms with van der Waals surface area (Å²) in [5, 5.41) is 2.66. The molecule has 2 aromatic rings. The molecular formula is C17H20N2O5. The molecule has 1 aromatic heterocycles. The summed E-state index contributed by atoms with van der Waals surface area (Å²) in [5.74, 6) is 0.344. The van der Waals surface area contributed by atoms with Gasteiger partial charge in [0, 0.05) is 12.1 Å². The Hall–Kier alpha value is -2.83. The third-order valence-electron chi connectivity index (χ3n) is 3.02. The van der Waals surface area contributed by atoms with E-state index >= 15 is 0 Å². The number of amides is 1. The van der Waals surface area contributed by atoms with E-state index in [2.05, 4.69) is 10.3 Å². The SMILES string of the molecule is COc1ccc(NC(=O)OC(C)(C)C)c(CC(=O)c2cocn2)c1. The Kier molecular flexibility index (Phi) is 5.23. The lowest BCUT2D eigenvalue weighted by molar-refractivity contribution is 0.0635. The van der Waals surface area contributed by atoms with Crippen molar-refractivity contribution in [2.24, 2.45) is 0 Å². The minimum absolute atomic E-state index is 0.0366.